The van der Waals surface area contributed by atoms with Crippen LogP contribution >= 0.6 is 11.6 Å². The second-order valence-electron chi connectivity index (χ2n) is 2.73. The van der Waals surface area contributed by atoms with Crippen LogP contribution in [0.1, 0.15) is 5.56 Å². The third-order valence-corrected chi connectivity index (χ3v) is 2.10. The summed E-state index contributed by atoms with van der Waals surface area (Å²) in [7, 11) is 0. The van der Waals surface area contributed by atoms with Crippen LogP contribution in [-0.2, 0) is 6.42 Å². The molecule has 0 radical (unpaired) electrons. The molecule has 0 heterocycles. The number of rotatable bonds is 3. The van der Waals surface area contributed by atoms with Gasteiger partial charge in [0.2, 0.25) is 0 Å². The molecule has 0 bridgehead atoms. The van der Waals surface area contributed by atoms with Gasteiger partial charge in [0.05, 0.1) is 15.6 Å². The van der Waals surface area contributed by atoms with E-state index in [4.69, 9.17) is 22.4 Å². The van der Waals surface area contributed by atoms with Gasteiger partial charge in [-0.25, -0.2) is 0 Å². The van der Waals surface area contributed by atoms with Crippen LogP contribution in [0.25, 0.3) is 0 Å². The Morgan fingerprint density at radius 2 is 2.21 bits per heavy atom. The van der Waals surface area contributed by atoms with Crippen molar-refractivity contribution in [3.8, 4) is 0 Å². The minimum Gasteiger partial charge on any atom is -0.398 e. The summed E-state index contributed by atoms with van der Waals surface area (Å²) in [6, 6.07) is 2.61. The van der Waals surface area contributed by atoms with E-state index < -0.39 is 4.92 Å². The summed E-state index contributed by atoms with van der Waals surface area (Å²) in [6.07, 6.45) is 0.192. The van der Waals surface area contributed by atoms with Gasteiger partial charge in [-0.05, 0) is 6.07 Å². The number of aliphatic hydroxyl groups is 1. The van der Waals surface area contributed by atoms with Crippen molar-refractivity contribution < 1.29 is 10.0 Å². The lowest BCUT2D eigenvalue weighted by Gasteiger charge is -2.03. The van der Waals surface area contributed by atoms with E-state index in [0.717, 1.165) is 0 Å². The van der Waals surface area contributed by atoms with E-state index in [9.17, 15) is 10.1 Å². The van der Waals surface area contributed by atoms with Crippen LogP contribution in [0.2, 0.25) is 5.02 Å². The first-order valence-corrected chi connectivity index (χ1v) is 4.27. The largest absolute Gasteiger partial charge is 0.398 e. The molecule has 14 heavy (non-hydrogen) atoms. The van der Waals surface area contributed by atoms with Crippen molar-refractivity contribution in [2.24, 2.45) is 0 Å². The number of nitrogens with two attached hydrogens (primary N) is 1. The Morgan fingerprint density at radius 1 is 1.57 bits per heavy atom. The van der Waals surface area contributed by atoms with Crippen molar-refractivity contribution in [1.29, 1.82) is 0 Å². The molecule has 1 aromatic rings. The monoisotopic (exact) mass is 216 g/mol. The van der Waals surface area contributed by atoms with Gasteiger partial charge >= 0.3 is 0 Å². The highest BCUT2D eigenvalue weighted by Gasteiger charge is 2.15. The third kappa shape index (κ3) is 2.12. The van der Waals surface area contributed by atoms with Gasteiger partial charge in [0.25, 0.3) is 5.69 Å². The van der Waals surface area contributed by atoms with Crippen LogP contribution in [-0.4, -0.2) is 16.6 Å². The molecule has 1 aromatic carbocycles. The molecular weight excluding hydrogens is 208 g/mol. The van der Waals surface area contributed by atoms with Gasteiger partial charge in [0, 0.05) is 24.7 Å². The molecule has 5 nitrogen and oxygen atoms in total. The highest BCUT2D eigenvalue weighted by Crippen LogP contribution is 2.28. The van der Waals surface area contributed by atoms with Crippen LogP contribution in [0, 0.1) is 10.1 Å². The molecule has 0 amide bonds. The maximum Gasteiger partial charge on any atom is 0.274 e. The second-order valence-corrected chi connectivity index (χ2v) is 3.14. The Balaban J connectivity index is 3.24. The molecule has 76 valence electrons. The van der Waals surface area contributed by atoms with Gasteiger partial charge < -0.3 is 10.8 Å². The van der Waals surface area contributed by atoms with E-state index in [0.29, 0.717) is 5.56 Å². The van der Waals surface area contributed by atoms with Crippen LogP contribution < -0.4 is 5.73 Å². The number of hydrogen-bond acceptors (Lipinski definition) is 4. The quantitative estimate of drug-likeness (QED) is 0.454. The van der Waals surface area contributed by atoms with Gasteiger partial charge in [-0.1, -0.05) is 11.6 Å². The zero-order valence-electron chi connectivity index (χ0n) is 7.24. The van der Waals surface area contributed by atoms with Gasteiger partial charge in [-0.15, -0.1) is 0 Å². The van der Waals surface area contributed by atoms with Gasteiger partial charge in [0.15, 0.2) is 0 Å². The van der Waals surface area contributed by atoms with Crippen molar-refractivity contribution in [2.75, 3.05) is 12.3 Å². The number of nitrogen functional groups attached to an aromatic ring is 1. The molecule has 0 fully saturated rings. The summed E-state index contributed by atoms with van der Waals surface area (Å²) in [4.78, 5) is 10.0. The summed E-state index contributed by atoms with van der Waals surface area (Å²) < 4.78 is 0. The predicted molar refractivity (Wildman–Crippen MR) is 53.3 cm³/mol. The average molecular weight is 217 g/mol. The summed E-state index contributed by atoms with van der Waals surface area (Å²) in [5.41, 5.74) is 6.04. The number of hydrogen-bond donors (Lipinski definition) is 2. The number of anilines is 1. The van der Waals surface area contributed by atoms with E-state index in [2.05, 4.69) is 0 Å². The molecule has 3 N–H and O–H groups in total. The lowest BCUT2D eigenvalue weighted by molar-refractivity contribution is -0.385. The third-order valence-electron chi connectivity index (χ3n) is 1.78. The van der Waals surface area contributed by atoms with Crippen molar-refractivity contribution >= 4 is 23.0 Å². The fourth-order valence-corrected chi connectivity index (χ4v) is 1.28. The van der Waals surface area contributed by atoms with Crippen LogP contribution in [0.15, 0.2) is 12.1 Å². The summed E-state index contributed by atoms with van der Waals surface area (Å²) in [5, 5.41) is 19.4. The number of nitrogens with zero attached hydrogens (tertiary/aromatic N) is 1. The molecule has 0 aliphatic heterocycles. The van der Waals surface area contributed by atoms with Crippen molar-refractivity contribution in [3.05, 3.63) is 32.8 Å². The Morgan fingerprint density at radius 3 is 2.71 bits per heavy atom. The fourth-order valence-electron chi connectivity index (χ4n) is 1.12. The first-order chi connectivity index (χ1) is 6.56. The Labute approximate surface area is 85.3 Å². The molecule has 0 saturated carbocycles. The van der Waals surface area contributed by atoms with E-state index in [1.54, 1.807) is 0 Å². The zero-order chi connectivity index (χ0) is 10.7. The summed E-state index contributed by atoms with van der Waals surface area (Å²) >= 11 is 5.64. The predicted octanol–water partition coefficient (Wildman–Crippen LogP) is 1.37. The topological polar surface area (TPSA) is 89.4 Å². The maximum atomic E-state index is 10.6. The lowest BCUT2D eigenvalue weighted by atomic mass is 10.1. The first kappa shape index (κ1) is 10.7. The Bertz CT molecular complexity index is 368. The molecule has 0 aliphatic carbocycles. The average Bonchev–Trinajstić information content (AvgIpc) is 2.11. The van der Waals surface area contributed by atoms with Crippen LogP contribution in [0.4, 0.5) is 11.4 Å². The van der Waals surface area contributed by atoms with E-state index >= 15 is 0 Å². The number of nitro benzene ring substituents is 1. The first-order valence-electron chi connectivity index (χ1n) is 3.89. The summed E-state index contributed by atoms with van der Waals surface area (Å²) in [5.74, 6) is 0. The molecule has 0 unspecified atom stereocenters. The SMILES string of the molecule is Nc1cc(CCO)c([N+](=O)[O-])cc1Cl. The number of nitro groups is 1. The van der Waals surface area contributed by atoms with Crippen molar-refractivity contribution in [3.63, 3.8) is 0 Å². The molecule has 0 aromatic heterocycles. The number of benzene rings is 1. The number of aliphatic hydroxyl groups excluding tert-OH is 1. The molecule has 0 atom stereocenters. The molecule has 0 aliphatic rings. The van der Waals surface area contributed by atoms with Gasteiger partial charge in [0.1, 0.15) is 0 Å². The minimum absolute atomic E-state index is 0.113. The van der Waals surface area contributed by atoms with E-state index in [1.807, 2.05) is 0 Å². The standard InChI is InChI=1S/C8H9ClN2O3/c9-6-4-8(11(13)14)5(1-2-12)3-7(6)10/h3-4,12H,1-2,10H2. The molecular formula is C8H9ClN2O3. The lowest BCUT2D eigenvalue weighted by Crippen LogP contribution is -2.00. The number of halogens is 1. The fraction of sp³-hybridized carbons (Fsp3) is 0.250. The second kappa shape index (κ2) is 4.26. The summed E-state index contributed by atoms with van der Waals surface area (Å²) in [6.45, 7) is -0.165. The Hall–Kier alpha value is -1.33. The van der Waals surface area contributed by atoms with Crippen molar-refractivity contribution in [1.82, 2.24) is 0 Å². The van der Waals surface area contributed by atoms with Crippen LogP contribution in [0.3, 0.4) is 0 Å². The molecule has 6 heteroatoms. The maximum absolute atomic E-state index is 10.6. The minimum atomic E-state index is -0.545. The van der Waals surface area contributed by atoms with E-state index in [1.165, 1.54) is 12.1 Å². The highest BCUT2D eigenvalue weighted by molar-refractivity contribution is 6.33. The van der Waals surface area contributed by atoms with Gasteiger partial charge in [-0.3, -0.25) is 10.1 Å². The Kier molecular flexibility index (Phi) is 3.27. The molecule has 1 rings (SSSR count). The smallest absolute Gasteiger partial charge is 0.274 e. The van der Waals surface area contributed by atoms with Crippen LogP contribution in [0.5, 0.6) is 0 Å². The zero-order valence-corrected chi connectivity index (χ0v) is 7.99. The highest BCUT2D eigenvalue weighted by atomic mass is 35.5. The normalized spacial score (nSPS) is 10.1. The van der Waals surface area contributed by atoms with E-state index in [-0.39, 0.29) is 29.4 Å². The molecule has 0 saturated heterocycles. The van der Waals surface area contributed by atoms with Crippen molar-refractivity contribution in [2.45, 2.75) is 6.42 Å². The molecule has 0 spiro atoms. The van der Waals surface area contributed by atoms with Gasteiger partial charge in [-0.2, -0.15) is 0 Å².